The molecule has 0 atom stereocenters. The third kappa shape index (κ3) is 3.18. The Morgan fingerprint density at radius 1 is 1.23 bits per heavy atom. The van der Waals surface area contributed by atoms with Crippen molar-refractivity contribution in [3.05, 3.63) is 52.9 Å². The Balaban J connectivity index is 1.65. The molecule has 0 spiro atoms. The number of hydrogen-bond acceptors (Lipinski definition) is 5. The van der Waals surface area contributed by atoms with E-state index in [1.807, 2.05) is 37.3 Å². The van der Waals surface area contributed by atoms with E-state index in [9.17, 15) is 0 Å². The van der Waals surface area contributed by atoms with Crippen molar-refractivity contribution in [2.75, 3.05) is 0 Å². The van der Waals surface area contributed by atoms with Crippen LogP contribution in [0.15, 0.2) is 41.1 Å². The summed E-state index contributed by atoms with van der Waals surface area (Å²) in [4.78, 5) is 4.31. The molecule has 3 aromatic rings. The molecule has 0 saturated carbocycles. The van der Waals surface area contributed by atoms with Crippen LogP contribution < -0.4 is 0 Å². The summed E-state index contributed by atoms with van der Waals surface area (Å²) in [6, 6.07) is 9.91. The maximum Gasteiger partial charge on any atom is 0.277 e. The van der Waals surface area contributed by atoms with Gasteiger partial charge in [0.25, 0.3) is 5.89 Å². The number of ether oxygens (including phenoxy) is 1. The quantitative estimate of drug-likeness (QED) is 0.697. The van der Waals surface area contributed by atoms with Crippen LogP contribution in [-0.4, -0.2) is 19.9 Å². The number of aromatic nitrogens is 4. The largest absolute Gasteiger partial charge is 0.369 e. The van der Waals surface area contributed by atoms with Crippen LogP contribution in [0.4, 0.5) is 0 Å². The minimum Gasteiger partial charge on any atom is -0.369 e. The van der Waals surface area contributed by atoms with Gasteiger partial charge in [-0.1, -0.05) is 47.1 Å². The molecular weight excluding hydrogens is 304 g/mol. The molecule has 0 amide bonds. The summed E-state index contributed by atoms with van der Waals surface area (Å²) in [6.07, 6.45) is 1.57. The fourth-order valence-corrected chi connectivity index (χ4v) is 2.28. The van der Waals surface area contributed by atoms with Crippen molar-refractivity contribution >= 4 is 11.6 Å². The first-order valence-electron chi connectivity index (χ1n) is 6.94. The molecule has 0 radical (unpaired) electrons. The van der Waals surface area contributed by atoms with Gasteiger partial charge in [0, 0.05) is 6.54 Å². The molecule has 7 heteroatoms. The zero-order valence-electron chi connectivity index (χ0n) is 12.1. The van der Waals surface area contributed by atoms with E-state index in [1.165, 1.54) is 0 Å². The number of halogens is 1. The lowest BCUT2D eigenvalue weighted by atomic mass is 10.2. The van der Waals surface area contributed by atoms with Gasteiger partial charge in [0.15, 0.2) is 5.82 Å². The van der Waals surface area contributed by atoms with Gasteiger partial charge in [0.1, 0.15) is 12.3 Å². The van der Waals surface area contributed by atoms with Gasteiger partial charge in [-0.2, -0.15) is 10.1 Å². The maximum absolute atomic E-state index is 6.11. The Labute approximate surface area is 132 Å². The Bertz CT molecular complexity index is 739. The van der Waals surface area contributed by atoms with Gasteiger partial charge in [-0.15, -0.1) is 0 Å². The van der Waals surface area contributed by atoms with Crippen LogP contribution in [0.2, 0.25) is 5.02 Å². The lowest BCUT2D eigenvalue weighted by Gasteiger charge is -2.01. The summed E-state index contributed by atoms with van der Waals surface area (Å²) in [7, 11) is 0. The van der Waals surface area contributed by atoms with Crippen LogP contribution in [0, 0.1) is 0 Å². The summed E-state index contributed by atoms with van der Waals surface area (Å²) in [6.45, 7) is 3.41. The monoisotopic (exact) mass is 318 g/mol. The Kier molecular flexibility index (Phi) is 4.50. The van der Waals surface area contributed by atoms with Gasteiger partial charge < -0.3 is 9.26 Å². The van der Waals surface area contributed by atoms with Gasteiger partial charge in [-0.3, -0.25) is 4.68 Å². The summed E-state index contributed by atoms with van der Waals surface area (Å²) < 4.78 is 12.5. The molecule has 2 aromatic heterocycles. The van der Waals surface area contributed by atoms with E-state index in [4.69, 9.17) is 20.9 Å². The van der Waals surface area contributed by atoms with E-state index in [-0.39, 0.29) is 6.61 Å². The normalized spacial score (nSPS) is 11.0. The molecule has 0 bridgehead atoms. The van der Waals surface area contributed by atoms with Gasteiger partial charge in [-0.25, -0.2) is 0 Å². The summed E-state index contributed by atoms with van der Waals surface area (Å²) >= 11 is 6.11. The number of nitrogens with zero attached hydrogens (tertiary/aromatic N) is 4. The minimum atomic E-state index is 0.274. The van der Waals surface area contributed by atoms with Crippen LogP contribution in [0.1, 0.15) is 18.3 Å². The second-order valence-electron chi connectivity index (χ2n) is 4.65. The van der Waals surface area contributed by atoms with Crippen LogP contribution in [0.25, 0.3) is 11.6 Å². The average molecular weight is 319 g/mol. The molecule has 3 rings (SSSR count). The Morgan fingerprint density at radius 3 is 2.82 bits per heavy atom. The van der Waals surface area contributed by atoms with Gasteiger partial charge >= 0.3 is 0 Å². The van der Waals surface area contributed by atoms with Crippen LogP contribution in [0.5, 0.6) is 0 Å². The first kappa shape index (κ1) is 14.7. The highest BCUT2D eigenvalue weighted by atomic mass is 35.5. The van der Waals surface area contributed by atoms with Crippen molar-refractivity contribution in [3.8, 4) is 11.6 Å². The van der Waals surface area contributed by atoms with E-state index in [1.54, 1.807) is 10.9 Å². The SMILES string of the molecule is CCn1ncc(Cl)c1-c1nc(COCc2ccccc2)no1. The Hall–Kier alpha value is -2.18. The average Bonchev–Trinajstić information content (AvgIpc) is 3.14. The first-order valence-corrected chi connectivity index (χ1v) is 7.31. The number of hydrogen-bond donors (Lipinski definition) is 0. The van der Waals surface area contributed by atoms with Crippen molar-refractivity contribution < 1.29 is 9.26 Å². The van der Waals surface area contributed by atoms with Crippen LogP contribution in [0.3, 0.4) is 0 Å². The number of rotatable bonds is 6. The van der Waals surface area contributed by atoms with E-state index in [2.05, 4.69) is 15.2 Å². The molecule has 0 aliphatic carbocycles. The second-order valence-corrected chi connectivity index (χ2v) is 5.06. The smallest absolute Gasteiger partial charge is 0.277 e. The van der Waals surface area contributed by atoms with Gasteiger partial charge in [-0.05, 0) is 12.5 Å². The molecule has 0 saturated heterocycles. The van der Waals surface area contributed by atoms with Gasteiger partial charge in [0.05, 0.1) is 17.8 Å². The van der Waals surface area contributed by atoms with Crippen molar-refractivity contribution in [2.24, 2.45) is 0 Å². The molecule has 2 heterocycles. The molecule has 0 aliphatic rings. The first-order chi connectivity index (χ1) is 10.8. The molecule has 0 N–H and O–H groups in total. The topological polar surface area (TPSA) is 66.0 Å². The van der Waals surface area contributed by atoms with E-state index in [0.717, 1.165) is 5.56 Å². The van der Waals surface area contributed by atoms with Crippen molar-refractivity contribution in [3.63, 3.8) is 0 Å². The maximum atomic E-state index is 6.11. The molecule has 0 aliphatic heterocycles. The van der Waals surface area contributed by atoms with Crippen LogP contribution in [-0.2, 0) is 24.5 Å². The fraction of sp³-hybridized carbons (Fsp3) is 0.267. The molecule has 22 heavy (non-hydrogen) atoms. The number of benzene rings is 1. The molecule has 0 fully saturated rings. The summed E-state index contributed by atoms with van der Waals surface area (Å²) in [5.74, 6) is 0.827. The predicted molar refractivity (Wildman–Crippen MR) is 81.1 cm³/mol. The molecular formula is C15H15ClN4O2. The lowest BCUT2D eigenvalue weighted by Crippen LogP contribution is -1.99. The lowest BCUT2D eigenvalue weighted by molar-refractivity contribution is 0.0999. The van der Waals surface area contributed by atoms with Crippen molar-refractivity contribution in [1.29, 1.82) is 0 Å². The zero-order chi connectivity index (χ0) is 15.4. The highest BCUT2D eigenvalue weighted by molar-refractivity contribution is 6.32. The van der Waals surface area contributed by atoms with E-state index >= 15 is 0 Å². The summed E-state index contributed by atoms with van der Waals surface area (Å²) in [5, 5.41) is 8.54. The van der Waals surface area contributed by atoms with E-state index in [0.29, 0.717) is 35.6 Å². The molecule has 1 aromatic carbocycles. The van der Waals surface area contributed by atoms with Crippen molar-refractivity contribution in [2.45, 2.75) is 26.7 Å². The summed E-state index contributed by atoms with van der Waals surface area (Å²) in [5.41, 5.74) is 1.73. The zero-order valence-corrected chi connectivity index (χ0v) is 12.8. The molecule has 114 valence electrons. The highest BCUT2D eigenvalue weighted by Crippen LogP contribution is 2.26. The van der Waals surface area contributed by atoms with E-state index < -0.39 is 0 Å². The fourth-order valence-electron chi connectivity index (χ4n) is 2.06. The third-order valence-corrected chi connectivity index (χ3v) is 3.38. The molecule has 0 unspecified atom stereocenters. The molecule has 6 nitrogen and oxygen atoms in total. The highest BCUT2D eigenvalue weighted by Gasteiger charge is 2.17. The van der Waals surface area contributed by atoms with Crippen LogP contribution >= 0.6 is 11.6 Å². The number of aryl methyl sites for hydroxylation is 1. The standard InChI is InChI=1S/C15H15ClN4O2/c1-2-20-14(12(16)8-17-20)15-18-13(19-22-15)10-21-9-11-6-4-3-5-7-11/h3-8H,2,9-10H2,1H3. The van der Waals surface area contributed by atoms with Gasteiger partial charge in [0.2, 0.25) is 0 Å². The minimum absolute atomic E-state index is 0.274. The second kappa shape index (κ2) is 6.72. The predicted octanol–water partition coefficient (Wildman–Crippen LogP) is 3.32. The Morgan fingerprint density at radius 2 is 2.05 bits per heavy atom. The van der Waals surface area contributed by atoms with Crippen molar-refractivity contribution in [1.82, 2.24) is 19.9 Å². The third-order valence-electron chi connectivity index (χ3n) is 3.11.